The molecule has 0 bridgehead atoms. The fraction of sp³-hybridized carbons (Fsp3) is 0.562. The maximum atomic E-state index is 12.2. The minimum atomic E-state index is -3.58. The summed E-state index contributed by atoms with van der Waals surface area (Å²) in [4.78, 5) is 12.1. The SMILES string of the molecule is CCCNCCNC(=O)c1ccc(S(=O)(=O)NC(C)(C)C)cc1.Cl. The molecule has 0 aromatic heterocycles. The van der Waals surface area contributed by atoms with Crippen molar-refractivity contribution < 1.29 is 13.2 Å². The molecule has 3 N–H and O–H groups in total. The van der Waals surface area contributed by atoms with Gasteiger partial charge in [0.15, 0.2) is 0 Å². The highest BCUT2D eigenvalue weighted by atomic mass is 35.5. The zero-order valence-corrected chi connectivity index (χ0v) is 16.3. The van der Waals surface area contributed by atoms with E-state index in [1.807, 2.05) is 0 Å². The fourth-order valence-corrected chi connectivity index (χ4v) is 3.33. The van der Waals surface area contributed by atoms with Crippen molar-refractivity contribution in [3.8, 4) is 0 Å². The molecule has 0 heterocycles. The van der Waals surface area contributed by atoms with Crippen LogP contribution in [0.5, 0.6) is 0 Å². The minimum Gasteiger partial charge on any atom is -0.351 e. The molecule has 1 amide bonds. The summed E-state index contributed by atoms with van der Waals surface area (Å²) in [6.45, 7) is 9.57. The normalized spacial score (nSPS) is 11.7. The number of rotatable bonds is 8. The molecule has 0 aliphatic carbocycles. The lowest BCUT2D eigenvalue weighted by Gasteiger charge is -2.20. The van der Waals surface area contributed by atoms with Gasteiger partial charge in [-0.15, -0.1) is 12.4 Å². The van der Waals surface area contributed by atoms with Gasteiger partial charge in [0.1, 0.15) is 0 Å². The Bertz CT molecular complexity index is 610. The zero-order chi connectivity index (χ0) is 17.5. The number of amides is 1. The van der Waals surface area contributed by atoms with Crippen molar-refractivity contribution in [1.82, 2.24) is 15.4 Å². The summed E-state index contributed by atoms with van der Waals surface area (Å²) in [5, 5.41) is 5.98. The third kappa shape index (κ3) is 8.10. The Kier molecular flexibility index (Phi) is 9.50. The number of hydrogen-bond acceptors (Lipinski definition) is 4. The molecule has 24 heavy (non-hydrogen) atoms. The van der Waals surface area contributed by atoms with Crippen LogP contribution in [0, 0.1) is 0 Å². The molecule has 0 radical (unpaired) electrons. The first-order valence-electron chi connectivity index (χ1n) is 7.78. The topological polar surface area (TPSA) is 87.3 Å². The largest absolute Gasteiger partial charge is 0.351 e. The summed E-state index contributed by atoms with van der Waals surface area (Å²) in [5.74, 6) is -0.212. The van der Waals surface area contributed by atoms with Crippen LogP contribution in [0.2, 0.25) is 0 Å². The summed E-state index contributed by atoms with van der Waals surface area (Å²) in [5.41, 5.74) is -0.115. The van der Waals surface area contributed by atoms with Gasteiger partial charge in [-0.2, -0.15) is 0 Å². The van der Waals surface area contributed by atoms with Gasteiger partial charge >= 0.3 is 0 Å². The Hall–Kier alpha value is -1.15. The van der Waals surface area contributed by atoms with Crippen LogP contribution >= 0.6 is 12.4 Å². The second-order valence-corrected chi connectivity index (χ2v) is 8.07. The van der Waals surface area contributed by atoms with Gasteiger partial charge in [-0.05, 0) is 58.0 Å². The third-order valence-electron chi connectivity index (χ3n) is 2.88. The molecule has 1 aromatic rings. The molecule has 8 heteroatoms. The van der Waals surface area contributed by atoms with Crippen LogP contribution in [0.3, 0.4) is 0 Å². The lowest BCUT2D eigenvalue weighted by atomic mass is 10.1. The molecule has 0 atom stereocenters. The van der Waals surface area contributed by atoms with E-state index in [0.717, 1.165) is 13.0 Å². The molecule has 138 valence electrons. The Morgan fingerprint density at radius 1 is 1.04 bits per heavy atom. The molecular formula is C16H28ClN3O3S. The second-order valence-electron chi connectivity index (χ2n) is 6.39. The lowest BCUT2D eigenvalue weighted by molar-refractivity contribution is 0.0954. The van der Waals surface area contributed by atoms with Gasteiger partial charge < -0.3 is 10.6 Å². The van der Waals surface area contributed by atoms with Gasteiger partial charge in [-0.3, -0.25) is 4.79 Å². The Morgan fingerprint density at radius 3 is 2.12 bits per heavy atom. The molecule has 0 spiro atoms. The predicted molar refractivity (Wildman–Crippen MR) is 99.3 cm³/mol. The van der Waals surface area contributed by atoms with Crippen molar-refractivity contribution in [3.63, 3.8) is 0 Å². The summed E-state index contributed by atoms with van der Waals surface area (Å²) in [6, 6.07) is 5.93. The molecule has 1 rings (SSSR count). The molecule has 0 aliphatic heterocycles. The van der Waals surface area contributed by atoms with Crippen LogP contribution in [-0.2, 0) is 10.0 Å². The molecule has 0 unspecified atom stereocenters. The predicted octanol–water partition coefficient (Wildman–Crippen LogP) is 1.91. The smallest absolute Gasteiger partial charge is 0.251 e. The van der Waals surface area contributed by atoms with E-state index in [2.05, 4.69) is 22.3 Å². The van der Waals surface area contributed by atoms with Crippen LogP contribution in [0.1, 0.15) is 44.5 Å². The highest BCUT2D eigenvalue weighted by Gasteiger charge is 2.22. The van der Waals surface area contributed by atoms with Gasteiger partial charge in [0.2, 0.25) is 10.0 Å². The highest BCUT2D eigenvalue weighted by Crippen LogP contribution is 2.13. The first kappa shape index (κ1) is 22.9. The van der Waals surface area contributed by atoms with E-state index in [4.69, 9.17) is 0 Å². The van der Waals surface area contributed by atoms with Crippen molar-refractivity contribution in [3.05, 3.63) is 29.8 Å². The van der Waals surface area contributed by atoms with E-state index >= 15 is 0 Å². The first-order chi connectivity index (χ1) is 10.7. The molecule has 1 aromatic carbocycles. The Morgan fingerprint density at radius 2 is 1.62 bits per heavy atom. The van der Waals surface area contributed by atoms with E-state index < -0.39 is 15.6 Å². The number of nitrogens with one attached hydrogen (secondary N) is 3. The highest BCUT2D eigenvalue weighted by molar-refractivity contribution is 7.89. The summed E-state index contributed by atoms with van der Waals surface area (Å²) in [7, 11) is -3.58. The number of hydrogen-bond donors (Lipinski definition) is 3. The van der Waals surface area contributed by atoms with Gasteiger partial charge in [-0.1, -0.05) is 6.92 Å². The Labute approximate surface area is 151 Å². The standard InChI is InChI=1S/C16H27N3O3S.ClH/c1-5-10-17-11-12-18-15(20)13-6-8-14(9-7-13)23(21,22)19-16(2,3)4;/h6-9,17,19H,5,10-12H2,1-4H3,(H,18,20);1H. The van der Waals surface area contributed by atoms with Crippen LogP contribution in [0.4, 0.5) is 0 Å². The number of carbonyl (C=O) groups is 1. The van der Waals surface area contributed by atoms with Crippen molar-refractivity contribution in [2.75, 3.05) is 19.6 Å². The van der Waals surface area contributed by atoms with Gasteiger partial charge in [0, 0.05) is 24.2 Å². The maximum absolute atomic E-state index is 12.2. The quantitative estimate of drug-likeness (QED) is 0.604. The monoisotopic (exact) mass is 377 g/mol. The molecule has 6 nitrogen and oxygen atoms in total. The summed E-state index contributed by atoms with van der Waals surface area (Å²) >= 11 is 0. The van der Waals surface area contributed by atoms with Gasteiger partial charge in [-0.25, -0.2) is 13.1 Å². The number of carbonyl (C=O) groups excluding carboxylic acids is 1. The number of halogens is 1. The number of benzene rings is 1. The zero-order valence-electron chi connectivity index (χ0n) is 14.7. The van der Waals surface area contributed by atoms with Crippen LogP contribution in [0.15, 0.2) is 29.2 Å². The fourth-order valence-electron chi connectivity index (χ4n) is 1.92. The van der Waals surface area contributed by atoms with E-state index in [9.17, 15) is 13.2 Å². The third-order valence-corrected chi connectivity index (χ3v) is 4.66. The molecule has 0 saturated heterocycles. The van der Waals surface area contributed by atoms with Crippen molar-refractivity contribution in [2.45, 2.75) is 44.6 Å². The molecular weight excluding hydrogens is 350 g/mol. The van der Waals surface area contributed by atoms with Crippen molar-refractivity contribution in [2.24, 2.45) is 0 Å². The van der Waals surface area contributed by atoms with E-state index in [1.165, 1.54) is 24.3 Å². The van der Waals surface area contributed by atoms with E-state index in [-0.39, 0.29) is 23.2 Å². The molecule has 0 fully saturated rings. The van der Waals surface area contributed by atoms with Crippen LogP contribution in [-0.4, -0.2) is 39.5 Å². The van der Waals surface area contributed by atoms with E-state index in [1.54, 1.807) is 20.8 Å². The first-order valence-corrected chi connectivity index (χ1v) is 9.27. The van der Waals surface area contributed by atoms with Crippen molar-refractivity contribution in [1.29, 1.82) is 0 Å². The lowest BCUT2D eigenvalue weighted by Crippen LogP contribution is -2.40. The maximum Gasteiger partial charge on any atom is 0.251 e. The Balaban J connectivity index is 0.00000529. The average Bonchev–Trinajstić information content (AvgIpc) is 2.44. The minimum absolute atomic E-state index is 0. The summed E-state index contributed by atoms with van der Waals surface area (Å²) in [6.07, 6.45) is 1.05. The molecule has 0 saturated carbocycles. The van der Waals surface area contributed by atoms with Gasteiger partial charge in [0.25, 0.3) is 5.91 Å². The van der Waals surface area contributed by atoms with E-state index in [0.29, 0.717) is 18.7 Å². The summed E-state index contributed by atoms with van der Waals surface area (Å²) < 4.78 is 26.9. The number of sulfonamides is 1. The van der Waals surface area contributed by atoms with Crippen molar-refractivity contribution >= 4 is 28.3 Å². The molecule has 0 aliphatic rings. The van der Waals surface area contributed by atoms with Gasteiger partial charge in [0.05, 0.1) is 4.90 Å². The van der Waals surface area contributed by atoms with Crippen LogP contribution in [0.25, 0.3) is 0 Å². The average molecular weight is 378 g/mol. The second kappa shape index (κ2) is 9.98. The van der Waals surface area contributed by atoms with Crippen LogP contribution < -0.4 is 15.4 Å².